The van der Waals surface area contributed by atoms with Gasteiger partial charge in [0.2, 0.25) is 0 Å². The summed E-state index contributed by atoms with van der Waals surface area (Å²) < 4.78 is 0. The summed E-state index contributed by atoms with van der Waals surface area (Å²) in [7, 11) is 0. The maximum atomic E-state index is 4.07. The van der Waals surface area contributed by atoms with Gasteiger partial charge in [-0.25, -0.2) is 0 Å². The van der Waals surface area contributed by atoms with Crippen LogP contribution in [-0.4, -0.2) is 0 Å². The predicted molar refractivity (Wildman–Crippen MR) is 73.5 cm³/mol. The molecule has 1 aromatic rings. The zero-order valence-corrected chi connectivity index (χ0v) is 10.6. The van der Waals surface area contributed by atoms with Crippen LogP contribution < -0.4 is 0 Å². The fraction of sp³-hybridized carbons (Fsp3) is 0.375. The smallest absolute Gasteiger partial charge is 0.00724 e. The van der Waals surface area contributed by atoms with Crippen molar-refractivity contribution in [1.29, 1.82) is 0 Å². The van der Waals surface area contributed by atoms with Crippen molar-refractivity contribution in [2.75, 3.05) is 0 Å². The van der Waals surface area contributed by atoms with Crippen LogP contribution in [0.25, 0.3) is 5.57 Å². The van der Waals surface area contributed by atoms with Crippen molar-refractivity contribution in [1.82, 2.24) is 0 Å². The van der Waals surface area contributed by atoms with E-state index in [1.54, 1.807) is 0 Å². The van der Waals surface area contributed by atoms with Crippen LogP contribution in [0.15, 0.2) is 43.0 Å². The van der Waals surface area contributed by atoms with E-state index in [-0.39, 0.29) is 0 Å². The SMILES string of the molecule is C1CC1.C=C(C)CC(=C)c1ccccc1C. The van der Waals surface area contributed by atoms with Gasteiger partial charge in [0, 0.05) is 0 Å². The van der Waals surface area contributed by atoms with Crippen molar-refractivity contribution in [3.63, 3.8) is 0 Å². The molecule has 16 heavy (non-hydrogen) atoms. The topological polar surface area (TPSA) is 0 Å². The molecule has 0 aromatic heterocycles. The fourth-order valence-corrected chi connectivity index (χ4v) is 1.43. The molecule has 0 radical (unpaired) electrons. The zero-order chi connectivity index (χ0) is 12.0. The average molecular weight is 214 g/mol. The molecular weight excluding hydrogens is 192 g/mol. The van der Waals surface area contributed by atoms with Gasteiger partial charge in [0.1, 0.15) is 0 Å². The number of allylic oxidation sites excluding steroid dienone is 2. The van der Waals surface area contributed by atoms with Crippen molar-refractivity contribution in [3.8, 4) is 0 Å². The van der Waals surface area contributed by atoms with Crippen LogP contribution >= 0.6 is 0 Å². The van der Waals surface area contributed by atoms with Crippen LogP contribution in [0.3, 0.4) is 0 Å². The average Bonchev–Trinajstić information content (AvgIpc) is 3.03. The Morgan fingerprint density at radius 1 is 1.12 bits per heavy atom. The van der Waals surface area contributed by atoms with Crippen molar-refractivity contribution in [2.24, 2.45) is 0 Å². The summed E-state index contributed by atoms with van der Waals surface area (Å²) in [6.07, 6.45) is 5.39. The van der Waals surface area contributed by atoms with E-state index in [1.807, 2.05) is 19.1 Å². The first kappa shape index (κ1) is 12.8. The Labute approximate surface area is 99.7 Å². The first-order valence-electron chi connectivity index (χ1n) is 5.99. The number of rotatable bonds is 3. The summed E-state index contributed by atoms with van der Waals surface area (Å²) in [5.41, 5.74) is 4.86. The molecule has 1 fully saturated rings. The largest absolute Gasteiger partial charge is 0.0998 e. The Hall–Kier alpha value is -1.30. The Balaban J connectivity index is 0.000000365. The number of benzene rings is 1. The molecule has 1 aliphatic carbocycles. The van der Waals surface area contributed by atoms with E-state index in [0.717, 1.165) is 17.6 Å². The zero-order valence-electron chi connectivity index (χ0n) is 10.6. The van der Waals surface area contributed by atoms with Gasteiger partial charge in [-0.2, -0.15) is 0 Å². The van der Waals surface area contributed by atoms with Gasteiger partial charge in [-0.3, -0.25) is 0 Å². The summed E-state index contributed by atoms with van der Waals surface area (Å²) in [5.74, 6) is 0. The monoisotopic (exact) mass is 214 g/mol. The fourth-order valence-electron chi connectivity index (χ4n) is 1.43. The van der Waals surface area contributed by atoms with E-state index < -0.39 is 0 Å². The Kier molecular flexibility index (Phi) is 5.04. The van der Waals surface area contributed by atoms with Gasteiger partial charge >= 0.3 is 0 Å². The van der Waals surface area contributed by atoms with E-state index in [4.69, 9.17) is 0 Å². The van der Waals surface area contributed by atoms with Crippen molar-refractivity contribution < 1.29 is 0 Å². The highest BCUT2D eigenvalue weighted by molar-refractivity contribution is 5.67. The Bertz CT molecular complexity index is 367. The minimum absolute atomic E-state index is 0.894. The maximum absolute atomic E-state index is 4.07. The van der Waals surface area contributed by atoms with E-state index >= 15 is 0 Å². The van der Waals surface area contributed by atoms with E-state index in [1.165, 1.54) is 30.4 Å². The molecule has 1 aliphatic rings. The van der Waals surface area contributed by atoms with Crippen LogP contribution in [0.2, 0.25) is 0 Å². The summed E-state index contributed by atoms with van der Waals surface area (Å²) in [5, 5.41) is 0. The second-order valence-electron chi connectivity index (χ2n) is 4.61. The lowest BCUT2D eigenvalue weighted by molar-refractivity contribution is 1.23. The molecule has 86 valence electrons. The van der Waals surface area contributed by atoms with Gasteiger partial charge in [0.15, 0.2) is 0 Å². The van der Waals surface area contributed by atoms with Crippen molar-refractivity contribution in [3.05, 3.63) is 54.1 Å². The lowest BCUT2D eigenvalue weighted by atomic mass is 9.97. The lowest BCUT2D eigenvalue weighted by Gasteiger charge is -2.08. The molecule has 2 rings (SSSR count). The van der Waals surface area contributed by atoms with Gasteiger partial charge < -0.3 is 0 Å². The first-order chi connectivity index (χ1) is 7.61. The third-order valence-corrected chi connectivity index (χ3v) is 2.39. The summed E-state index contributed by atoms with van der Waals surface area (Å²) in [4.78, 5) is 0. The standard InChI is InChI=1S/C13H16.C3H6/c1-10(2)9-12(4)13-8-6-5-7-11(13)3;1-2-3-1/h5-8H,1,4,9H2,2-3H3;1-3H2. The molecule has 0 unspecified atom stereocenters. The molecule has 0 heteroatoms. The van der Waals surface area contributed by atoms with Crippen LogP contribution in [0.5, 0.6) is 0 Å². The van der Waals surface area contributed by atoms with Crippen molar-refractivity contribution >= 4 is 5.57 Å². The number of hydrogen-bond donors (Lipinski definition) is 0. The molecule has 0 atom stereocenters. The van der Waals surface area contributed by atoms with E-state index in [2.05, 4.69) is 32.2 Å². The number of aryl methyl sites for hydroxylation is 1. The van der Waals surface area contributed by atoms with E-state index in [9.17, 15) is 0 Å². The summed E-state index contributed by atoms with van der Waals surface area (Å²) in [6.45, 7) is 12.1. The molecule has 0 spiro atoms. The molecule has 1 aromatic carbocycles. The van der Waals surface area contributed by atoms with Gasteiger partial charge in [-0.1, -0.05) is 62.3 Å². The lowest BCUT2D eigenvalue weighted by Crippen LogP contribution is -1.87. The second-order valence-corrected chi connectivity index (χ2v) is 4.61. The highest BCUT2D eigenvalue weighted by atomic mass is 14.1. The van der Waals surface area contributed by atoms with Crippen LogP contribution in [-0.2, 0) is 0 Å². The molecule has 0 N–H and O–H groups in total. The van der Waals surface area contributed by atoms with Crippen LogP contribution in [0.1, 0.15) is 43.7 Å². The van der Waals surface area contributed by atoms with Crippen molar-refractivity contribution in [2.45, 2.75) is 39.5 Å². The third-order valence-electron chi connectivity index (χ3n) is 2.39. The molecule has 0 aliphatic heterocycles. The summed E-state index contributed by atoms with van der Waals surface area (Å²) in [6, 6.07) is 8.32. The molecule has 0 nitrogen and oxygen atoms in total. The van der Waals surface area contributed by atoms with Gasteiger partial charge in [0.05, 0.1) is 0 Å². The Morgan fingerprint density at radius 3 is 2.12 bits per heavy atom. The van der Waals surface area contributed by atoms with Gasteiger partial charge in [-0.05, 0) is 37.0 Å². The highest BCUT2D eigenvalue weighted by Crippen LogP contribution is 2.22. The third kappa shape index (κ3) is 4.97. The van der Waals surface area contributed by atoms with E-state index in [0.29, 0.717) is 0 Å². The molecule has 0 saturated heterocycles. The number of hydrogen-bond acceptors (Lipinski definition) is 0. The highest BCUT2D eigenvalue weighted by Gasteiger charge is 2.01. The van der Waals surface area contributed by atoms with Crippen LogP contribution in [0, 0.1) is 6.92 Å². The van der Waals surface area contributed by atoms with Crippen LogP contribution in [0.4, 0.5) is 0 Å². The quantitative estimate of drug-likeness (QED) is 0.611. The van der Waals surface area contributed by atoms with Gasteiger partial charge in [0.25, 0.3) is 0 Å². The second kappa shape index (κ2) is 6.32. The molecule has 0 bridgehead atoms. The predicted octanol–water partition coefficient (Wildman–Crippen LogP) is 5.14. The Morgan fingerprint density at radius 2 is 1.69 bits per heavy atom. The minimum atomic E-state index is 0.894. The first-order valence-corrected chi connectivity index (χ1v) is 5.99. The molecule has 0 amide bonds. The minimum Gasteiger partial charge on any atom is -0.0998 e. The molecular formula is C16H22. The molecule has 0 heterocycles. The normalized spacial score (nSPS) is 12.4. The maximum Gasteiger partial charge on any atom is -0.00724 e. The summed E-state index contributed by atoms with van der Waals surface area (Å²) >= 11 is 0. The molecule has 1 saturated carbocycles. The van der Waals surface area contributed by atoms with Gasteiger partial charge in [-0.15, -0.1) is 0 Å².